The molecule has 0 aliphatic carbocycles. The monoisotopic (exact) mass is 220 g/mol. The zero-order valence-corrected chi connectivity index (χ0v) is 8.69. The van der Waals surface area contributed by atoms with Crippen LogP contribution in [0.3, 0.4) is 0 Å². The molecule has 4 heteroatoms. The highest BCUT2D eigenvalue weighted by Gasteiger charge is 2.09. The summed E-state index contributed by atoms with van der Waals surface area (Å²) in [4.78, 5) is 5.51. The molecule has 1 aromatic carbocycles. The van der Waals surface area contributed by atoms with Crippen LogP contribution in [0.1, 0.15) is 0 Å². The summed E-state index contributed by atoms with van der Waals surface area (Å²) in [7, 11) is 1.71. The summed E-state index contributed by atoms with van der Waals surface area (Å²) in [6.45, 7) is 0. The Bertz CT molecular complexity index is 486. The second-order valence-corrected chi connectivity index (χ2v) is 3.36. The SMILES string of the molecule is CN(c1ccncc1)c1ccc(F)cc1F. The van der Waals surface area contributed by atoms with E-state index in [9.17, 15) is 8.78 Å². The highest BCUT2D eigenvalue weighted by Crippen LogP contribution is 2.25. The molecule has 82 valence electrons. The van der Waals surface area contributed by atoms with Gasteiger partial charge >= 0.3 is 0 Å². The van der Waals surface area contributed by atoms with E-state index in [0.717, 1.165) is 11.8 Å². The molecule has 0 saturated heterocycles. The van der Waals surface area contributed by atoms with Crippen LogP contribution in [0, 0.1) is 11.6 Å². The number of rotatable bonds is 2. The number of nitrogens with zero attached hydrogens (tertiary/aromatic N) is 2. The minimum absolute atomic E-state index is 0.326. The van der Waals surface area contributed by atoms with E-state index < -0.39 is 11.6 Å². The molecule has 0 saturated carbocycles. The van der Waals surface area contributed by atoms with Gasteiger partial charge in [0.15, 0.2) is 0 Å². The number of hydrogen-bond donors (Lipinski definition) is 0. The predicted octanol–water partition coefficient (Wildman–Crippen LogP) is 3.13. The van der Waals surface area contributed by atoms with Crippen molar-refractivity contribution in [3.8, 4) is 0 Å². The molecule has 0 unspecified atom stereocenters. The molecule has 0 fully saturated rings. The van der Waals surface area contributed by atoms with Crippen LogP contribution in [-0.4, -0.2) is 12.0 Å². The molecule has 16 heavy (non-hydrogen) atoms. The topological polar surface area (TPSA) is 16.1 Å². The van der Waals surface area contributed by atoms with Gasteiger partial charge in [0.1, 0.15) is 11.6 Å². The number of benzene rings is 1. The van der Waals surface area contributed by atoms with E-state index in [1.54, 1.807) is 36.5 Å². The summed E-state index contributed by atoms with van der Waals surface area (Å²) in [5, 5.41) is 0. The molecule has 0 aliphatic rings. The van der Waals surface area contributed by atoms with Crippen molar-refractivity contribution in [3.63, 3.8) is 0 Å². The van der Waals surface area contributed by atoms with E-state index in [-0.39, 0.29) is 0 Å². The Labute approximate surface area is 92.2 Å². The third-order valence-electron chi connectivity index (χ3n) is 2.32. The van der Waals surface area contributed by atoms with Crippen LogP contribution in [0.2, 0.25) is 0 Å². The van der Waals surface area contributed by atoms with Gasteiger partial charge in [-0.3, -0.25) is 4.98 Å². The summed E-state index contributed by atoms with van der Waals surface area (Å²) in [6, 6.07) is 7.01. The molecule has 0 spiro atoms. The summed E-state index contributed by atoms with van der Waals surface area (Å²) in [5.74, 6) is -1.16. The molecule has 1 heterocycles. The van der Waals surface area contributed by atoms with Crippen LogP contribution in [0.4, 0.5) is 20.2 Å². The fourth-order valence-corrected chi connectivity index (χ4v) is 1.46. The van der Waals surface area contributed by atoms with E-state index in [0.29, 0.717) is 5.69 Å². The molecule has 1 aromatic heterocycles. The maximum absolute atomic E-state index is 13.5. The molecule has 0 bridgehead atoms. The smallest absolute Gasteiger partial charge is 0.149 e. The molecule has 0 radical (unpaired) electrons. The third-order valence-corrected chi connectivity index (χ3v) is 2.32. The molecule has 2 nitrogen and oxygen atoms in total. The second-order valence-electron chi connectivity index (χ2n) is 3.36. The Kier molecular flexibility index (Phi) is 2.81. The number of hydrogen-bond acceptors (Lipinski definition) is 2. The summed E-state index contributed by atoms with van der Waals surface area (Å²) < 4.78 is 26.2. The first-order valence-corrected chi connectivity index (χ1v) is 4.77. The van der Waals surface area contributed by atoms with Gasteiger partial charge in [-0.1, -0.05) is 0 Å². The van der Waals surface area contributed by atoms with Crippen molar-refractivity contribution in [2.75, 3.05) is 11.9 Å². The number of anilines is 2. The molecule has 0 amide bonds. The van der Waals surface area contributed by atoms with Gasteiger partial charge in [-0.15, -0.1) is 0 Å². The second kappa shape index (κ2) is 4.26. The minimum atomic E-state index is -0.584. The van der Waals surface area contributed by atoms with Crippen LogP contribution in [0.5, 0.6) is 0 Å². The Morgan fingerprint density at radius 2 is 1.75 bits per heavy atom. The summed E-state index contributed by atoms with van der Waals surface area (Å²) >= 11 is 0. The van der Waals surface area contributed by atoms with Crippen LogP contribution in [-0.2, 0) is 0 Å². The number of halogens is 2. The fraction of sp³-hybridized carbons (Fsp3) is 0.0833. The normalized spacial score (nSPS) is 10.2. The predicted molar refractivity (Wildman–Crippen MR) is 58.7 cm³/mol. The first-order valence-electron chi connectivity index (χ1n) is 4.77. The minimum Gasteiger partial charge on any atom is -0.342 e. The van der Waals surface area contributed by atoms with Gasteiger partial charge < -0.3 is 4.90 Å². The maximum Gasteiger partial charge on any atom is 0.149 e. The van der Waals surface area contributed by atoms with Gasteiger partial charge in [-0.25, -0.2) is 8.78 Å². The van der Waals surface area contributed by atoms with Crippen molar-refractivity contribution in [1.29, 1.82) is 0 Å². The van der Waals surface area contributed by atoms with E-state index in [4.69, 9.17) is 0 Å². The Morgan fingerprint density at radius 3 is 2.38 bits per heavy atom. The van der Waals surface area contributed by atoms with Crippen molar-refractivity contribution in [2.24, 2.45) is 0 Å². The third kappa shape index (κ3) is 2.00. The van der Waals surface area contributed by atoms with Gasteiger partial charge in [0.05, 0.1) is 5.69 Å². The lowest BCUT2D eigenvalue weighted by Gasteiger charge is -2.19. The lowest BCUT2D eigenvalue weighted by Crippen LogP contribution is -2.11. The van der Waals surface area contributed by atoms with E-state index in [2.05, 4.69) is 4.98 Å². The zero-order chi connectivity index (χ0) is 11.5. The average Bonchev–Trinajstić information content (AvgIpc) is 2.29. The van der Waals surface area contributed by atoms with Crippen molar-refractivity contribution in [2.45, 2.75) is 0 Å². The molecule has 0 N–H and O–H groups in total. The first kappa shape index (κ1) is 10.5. The van der Waals surface area contributed by atoms with Crippen LogP contribution in [0.15, 0.2) is 42.7 Å². The standard InChI is InChI=1S/C12H10F2N2/c1-16(10-4-6-15-7-5-10)12-3-2-9(13)8-11(12)14/h2-8H,1H3. The molecule has 0 aliphatic heterocycles. The quantitative estimate of drug-likeness (QED) is 0.773. The molecule has 0 atom stereocenters. The molecule has 2 rings (SSSR count). The van der Waals surface area contributed by atoms with Gasteiger partial charge in [0.2, 0.25) is 0 Å². The van der Waals surface area contributed by atoms with Crippen molar-refractivity contribution in [3.05, 3.63) is 54.4 Å². The first-order chi connectivity index (χ1) is 7.68. The molecular formula is C12H10F2N2. The van der Waals surface area contributed by atoms with E-state index in [1.165, 1.54) is 12.1 Å². The number of pyridine rings is 1. The maximum atomic E-state index is 13.5. The van der Waals surface area contributed by atoms with Crippen LogP contribution >= 0.6 is 0 Å². The molecule has 2 aromatic rings. The molecular weight excluding hydrogens is 210 g/mol. The van der Waals surface area contributed by atoms with Crippen LogP contribution in [0.25, 0.3) is 0 Å². The average molecular weight is 220 g/mol. The lowest BCUT2D eigenvalue weighted by atomic mass is 10.2. The Morgan fingerprint density at radius 1 is 1.06 bits per heavy atom. The zero-order valence-electron chi connectivity index (χ0n) is 8.69. The van der Waals surface area contributed by atoms with E-state index in [1.807, 2.05) is 0 Å². The van der Waals surface area contributed by atoms with Crippen molar-refractivity contribution < 1.29 is 8.78 Å². The number of aromatic nitrogens is 1. The fourth-order valence-electron chi connectivity index (χ4n) is 1.46. The highest BCUT2D eigenvalue weighted by molar-refractivity contribution is 5.62. The van der Waals surface area contributed by atoms with Gasteiger partial charge in [0, 0.05) is 31.2 Å². The Hall–Kier alpha value is -1.97. The summed E-state index contributed by atoms with van der Waals surface area (Å²) in [6.07, 6.45) is 3.24. The summed E-state index contributed by atoms with van der Waals surface area (Å²) in [5.41, 5.74) is 1.12. The van der Waals surface area contributed by atoms with Gasteiger partial charge in [0.25, 0.3) is 0 Å². The Balaban J connectivity index is 2.38. The van der Waals surface area contributed by atoms with Crippen LogP contribution < -0.4 is 4.90 Å². The van der Waals surface area contributed by atoms with Crippen molar-refractivity contribution in [1.82, 2.24) is 4.98 Å². The van der Waals surface area contributed by atoms with E-state index >= 15 is 0 Å². The van der Waals surface area contributed by atoms with Crippen molar-refractivity contribution >= 4 is 11.4 Å². The lowest BCUT2D eigenvalue weighted by molar-refractivity contribution is 0.583. The highest BCUT2D eigenvalue weighted by atomic mass is 19.1. The van der Waals surface area contributed by atoms with Gasteiger partial charge in [-0.05, 0) is 24.3 Å². The van der Waals surface area contributed by atoms with Gasteiger partial charge in [-0.2, -0.15) is 0 Å². The largest absolute Gasteiger partial charge is 0.342 e.